The molecule has 0 heterocycles. The van der Waals surface area contributed by atoms with Crippen LogP contribution in [0.3, 0.4) is 0 Å². The van der Waals surface area contributed by atoms with Crippen molar-refractivity contribution < 1.29 is 24.9 Å². The highest BCUT2D eigenvalue weighted by molar-refractivity contribution is 5.90. The molecule has 1 rings (SSSR count). The van der Waals surface area contributed by atoms with E-state index in [0.717, 1.165) is 0 Å². The number of carbonyl (C=O) groups is 2. The summed E-state index contributed by atoms with van der Waals surface area (Å²) in [4.78, 5) is 21.7. The van der Waals surface area contributed by atoms with Crippen molar-refractivity contribution in [1.82, 2.24) is 0 Å². The van der Waals surface area contributed by atoms with Gasteiger partial charge in [0.1, 0.15) is 0 Å². The van der Waals surface area contributed by atoms with Crippen molar-refractivity contribution in [1.29, 1.82) is 0 Å². The third kappa shape index (κ3) is 2.24. The monoisotopic (exact) mass is 212 g/mol. The fourth-order valence-corrected chi connectivity index (χ4v) is 1.54. The van der Waals surface area contributed by atoms with Crippen LogP contribution < -0.4 is 0 Å². The molecule has 1 atom stereocenters. The summed E-state index contributed by atoms with van der Waals surface area (Å²) in [6.45, 7) is 1.07. The normalized spacial score (nSPS) is 25.5. The van der Waals surface area contributed by atoms with Crippen LogP contribution in [0.1, 0.15) is 13.3 Å². The Morgan fingerprint density at radius 1 is 1.47 bits per heavy atom. The van der Waals surface area contributed by atoms with Gasteiger partial charge in [0, 0.05) is 5.57 Å². The van der Waals surface area contributed by atoms with Crippen molar-refractivity contribution in [2.75, 3.05) is 6.61 Å². The Morgan fingerprint density at radius 3 is 2.47 bits per heavy atom. The van der Waals surface area contributed by atoms with Gasteiger partial charge in [-0.15, -0.1) is 0 Å². The first-order valence-corrected chi connectivity index (χ1v) is 4.39. The molecule has 1 unspecified atom stereocenters. The molecule has 0 aliphatic heterocycles. The Labute approximate surface area is 86.3 Å². The van der Waals surface area contributed by atoms with Gasteiger partial charge in [0.2, 0.25) is 0 Å². The quantitative estimate of drug-likeness (QED) is 0.629. The van der Waals surface area contributed by atoms with E-state index in [2.05, 4.69) is 0 Å². The second-order valence-corrected chi connectivity index (χ2v) is 3.75. The highest BCUT2D eigenvalue weighted by Gasteiger charge is 2.36. The fourth-order valence-electron chi connectivity index (χ4n) is 1.54. The molecule has 0 bridgehead atoms. The van der Waals surface area contributed by atoms with E-state index in [9.17, 15) is 9.59 Å². The smallest absolute Gasteiger partial charge is 0.331 e. The van der Waals surface area contributed by atoms with Crippen molar-refractivity contribution in [3.8, 4) is 0 Å². The van der Waals surface area contributed by atoms with E-state index in [4.69, 9.17) is 15.3 Å². The summed E-state index contributed by atoms with van der Waals surface area (Å²) in [5.41, 5.74) is -0.921. The molecule has 0 saturated carbocycles. The number of carboxylic acids is 2. The van der Waals surface area contributed by atoms with E-state index in [0.29, 0.717) is 5.57 Å². The van der Waals surface area contributed by atoms with Gasteiger partial charge < -0.3 is 15.3 Å². The van der Waals surface area contributed by atoms with E-state index < -0.39 is 17.4 Å². The second kappa shape index (κ2) is 3.86. The molecule has 0 radical (unpaired) electrons. The van der Waals surface area contributed by atoms with Crippen molar-refractivity contribution in [3.63, 3.8) is 0 Å². The van der Waals surface area contributed by atoms with Crippen LogP contribution in [0.15, 0.2) is 23.3 Å². The van der Waals surface area contributed by atoms with Gasteiger partial charge >= 0.3 is 11.9 Å². The van der Waals surface area contributed by atoms with Gasteiger partial charge in [-0.25, -0.2) is 4.79 Å². The predicted octanol–water partition coefficient (Wildman–Crippen LogP) is 0.411. The lowest BCUT2D eigenvalue weighted by molar-refractivity contribution is -0.145. The molecule has 15 heavy (non-hydrogen) atoms. The Kier molecular flexibility index (Phi) is 2.95. The summed E-state index contributed by atoms with van der Waals surface area (Å²) in [6, 6.07) is 0. The molecular formula is C10H12O5. The largest absolute Gasteiger partial charge is 0.481 e. The van der Waals surface area contributed by atoms with Crippen molar-refractivity contribution in [2.45, 2.75) is 13.3 Å². The van der Waals surface area contributed by atoms with Crippen LogP contribution in [0, 0.1) is 5.41 Å². The Morgan fingerprint density at radius 2 is 2.07 bits per heavy atom. The highest BCUT2D eigenvalue weighted by Crippen LogP contribution is 2.34. The first kappa shape index (κ1) is 11.5. The predicted molar refractivity (Wildman–Crippen MR) is 51.2 cm³/mol. The molecule has 1 aliphatic carbocycles. The third-order valence-electron chi connectivity index (χ3n) is 2.37. The Bertz CT molecular complexity index is 366. The summed E-state index contributed by atoms with van der Waals surface area (Å²) in [6.07, 6.45) is 2.63. The molecule has 82 valence electrons. The van der Waals surface area contributed by atoms with Gasteiger partial charge in [0.05, 0.1) is 12.0 Å². The molecule has 0 fully saturated rings. The summed E-state index contributed by atoms with van der Waals surface area (Å²) >= 11 is 0. The molecule has 0 aromatic rings. The van der Waals surface area contributed by atoms with Crippen LogP contribution >= 0.6 is 0 Å². The van der Waals surface area contributed by atoms with E-state index in [1.165, 1.54) is 19.1 Å². The first-order valence-electron chi connectivity index (χ1n) is 4.39. The first-order chi connectivity index (χ1) is 6.89. The van der Waals surface area contributed by atoms with E-state index in [1.807, 2.05) is 0 Å². The van der Waals surface area contributed by atoms with Crippen molar-refractivity contribution in [3.05, 3.63) is 23.3 Å². The second-order valence-electron chi connectivity index (χ2n) is 3.75. The topological polar surface area (TPSA) is 94.8 Å². The molecule has 0 spiro atoms. The molecule has 0 aromatic carbocycles. The van der Waals surface area contributed by atoms with Gasteiger partial charge in [-0.05, 0) is 25.0 Å². The van der Waals surface area contributed by atoms with Gasteiger partial charge in [0.15, 0.2) is 0 Å². The van der Waals surface area contributed by atoms with Gasteiger partial charge in [-0.1, -0.05) is 6.08 Å². The molecule has 5 heteroatoms. The van der Waals surface area contributed by atoms with Crippen LogP contribution in [-0.2, 0) is 9.59 Å². The fraction of sp³-hybridized carbons (Fsp3) is 0.400. The van der Waals surface area contributed by atoms with Crippen LogP contribution in [0.25, 0.3) is 0 Å². The summed E-state index contributed by atoms with van der Waals surface area (Å²) in [5, 5.41) is 26.7. The van der Waals surface area contributed by atoms with Crippen LogP contribution in [0.5, 0.6) is 0 Å². The Balaban J connectivity index is 3.12. The maximum absolute atomic E-state index is 11.0. The third-order valence-corrected chi connectivity index (χ3v) is 2.37. The minimum Gasteiger partial charge on any atom is -0.481 e. The summed E-state index contributed by atoms with van der Waals surface area (Å²) in [5.74, 6) is -2.25. The van der Waals surface area contributed by atoms with Crippen LogP contribution in [0.2, 0.25) is 0 Å². The molecule has 3 N–H and O–H groups in total. The number of aliphatic hydroxyl groups excluding tert-OH is 1. The average Bonchev–Trinajstić information content (AvgIpc) is 2.16. The molecule has 0 aromatic heterocycles. The number of carboxylic acid groups (broad SMARTS) is 2. The number of aliphatic carboxylic acids is 2. The highest BCUT2D eigenvalue weighted by atomic mass is 16.4. The summed E-state index contributed by atoms with van der Waals surface area (Å²) < 4.78 is 0. The lowest BCUT2D eigenvalue weighted by Gasteiger charge is -2.25. The van der Waals surface area contributed by atoms with Crippen molar-refractivity contribution >= 4 is 11.9 Å². The zero-order chi connectivity index (χ0) is 11.6. The van der Waals surface area contributed by atoms with Crippen molar-refractivity contribution in [2.24, 2.45) is 5.41 Å². The lowest BCUT2D eigenvalue weighted by atomic mass is 9.78. The van der Waals surface area contributed by atoms with Gasteiger partial charge in [-0.3, -0.25) is 4.79 Å². The molecule has 0 saturated heterocycles. The number of hydrogen-bond acceptors (Lipinski definition) is 3. The van der Waals surface area contributed by atoms with Gasteiger partial charge in [0.25, 0.3) is 0 Å². The minimum absolute atomic E-state index is 0.00597. The Hall–Kier alpha value is -1.62. The number of aliphatic hydroxyl groups is 1. The van der Waals surface area contributed by atoms with E-state index >= 15 is 0 Å². The molecule has 1 aliphatic rings. The maximum Gasteiger partial charge on any atom is 0.331 e. The lowest BCUT2D eigenvalue weighted by Crippen LogP contribution is -2.30. The molecular weight excluding hydrogens is 200 g/mol. The standard InChI is InChI=1S/C10H12O5/c1-10(9(14)15)3-6(5-11)2-7(4-10)8(12)13/h2-3,11H,4-5H2,1H3,(H,12,13)(H,14,15). The number of rotatable bonds is 3. The zero-order valence-corrected chi connectivity index (χ0v) is 8.23. The average molecular weight is 212 g/mol. The molecule has 0 amide bonds. The van der Waals surface area contributed by atoms with Crippen LogP contribution in [-0.4, -0.2) is 33.9 Å². The van der Waals surface area contributed by atoms with Crippen LogP contribution in [0.4, 0.5) is 0 Å². The summed E-state index contributed by atoms with van der Waals surface area (Å²) in [7, 11) is 0. The molecule has 5 nitrogen and oxygen atoms in total. The zero-order valence-electron chi connectivity index (χ0n) is 8.23. The number of hydrogen-bond donors (Lipinski definition) is 3. The maximum atomic E-state index is 11.0. The van der Waals surface area contributed by atoms with Gasteiger partial charge in [-0.2, -0.15) is 0 Å². The van der Waals surface area contributed by atoms with E-state index in [-0.39, 0.29) is 18.6 Å². The van der Waals surface area contributed by atoms with E-state index in [1.54, 1.807) is 0 Å². The SMILES string of the molecule is CC1(C(=O)O)C=C(CO)C=C(C(=O)O)C1. The minimum atomic E-state index is -1.25.